The third-order valence-corrected chi connectivity index (χ3v) is 4.24. The molecule has 3 rings (SSSR count). The molecule has 4 nitrogen and oxygen atoms in total. The Morgan fingerprint density at radius 2 is 2.14 bits per heavy atom. The summed E-state index contributed by atoms with van der Waals surface area (Å²) in [6, 6.07) is 8.04. The monoisotopic (exact) mass is 288 g/mol. The van der Waals surface area contributed by atoms with E-state index in [1.807, 2.05) is 37.8 Å². The Bertz CT molecular complexity index is 541. The number of fused-ring (bicyclic) bond motifs is 1. The summed E-state index contributed by atoms with van der Waals surface area (Å²) < 4.78 is 5.90. The minimum absolute atomic E-state index is 0.0801. The van der Waals surface area contributed by atoms with Crippen LogP contribution < -0.4 is 5.32 Å². The molecule has 0 aromatic heterocycles. The van der Waals surface area contributed by atoms with Gasteiger partial charge in [0, 0.05) is 19.6 Å². The highest BCUT2D eigenvalue weighted by atomic mass is 16.5. The Balaban J connectivity index is 1.83. The van der Waals surface area contributed by atoms with Crippen LogP contribution in [-0.4, -0.2) is 42.1 Å². The zero-order chi connectivity index (χ0) is 15.0. The van der Waals surface area contributed by atoms with Crippen LogP contribution in [0, 0.1) is 0 Å². The number of hydrogen-bond acceptors (Lipinski definition) is 3. The van der Waals surface area contributed by atoms with Crippen LogP contribution in [0.4, 0.5) is 0 Å². The second-order valence-corrected chi connectivity index (χ2v) is 6.74. The minimum Gasteiger partial charge on any atom is -0.369 e. The summed E-state index contributed by atoms with van der Waals surface area (Å²) >= 11 is 0. The first kappa shape index (κ1) is 14.5. The smallest absolute Gasteiger partial charge is 0.244 e. The van der Waals surface area contributed by atoms with Crippen molar-refractivity contribution in [1.29, 1.82) is 0 Å². The number of carbonyl (C=O) groups excluding carboxylic acids is 1. The van der Waals surface area contributed by atoms with E-state index >= 15 is 0 Å². The number of benzene rings is 1. The van der Waals surface area contributed by atoms with Crippen molar-refractivity contribution >= 4 is 5.91 Å². The fourth-order valence-corrected chi connectivity index (χ4v) is 3.53. The Kier molecular flexibility index (Phi) is 3.76. The molecule has 4 heteroatoms. The van der Waals surface area contributed by atoms with Gasteiger partial charge in [-0.05, 0) is 38.3 Å². The highest BCUT2D eigenvalue weighted by molar-refractivity contribution is 5.84. The maximum absolute atomic E-state index is 13.0. The van der Waals surface area contributed by atoms with Crippen molar-refractivity contribution < 1.29 is 9.53 Å². The summed E-state index contributed by atoms with van der Waals surface area (Å²) in [6.07, 6.45) is 1.07. The molecule has 0 aliphatic carbocycles. The molecule has 2 aliphatic rings. The van der Waals surface area contributed by atoms with Crippen molar-refractivity contribution in [1.82, 2.24) is 10.2 Å². The van der Waals surface area contributed by atoms with E-state index in [-0.39, 0.29) is 23.7 Å². The van der Waals surface area contributed by atoms with Crippen LogP contribution in [0.5, 0.6) is 0 Å². The molecule has 1 N–H and O–H groups in total. The summed E-state index contributed by atoms with van der Waals surface area (Å²) in [5.74, 6) is 0.172. The molecule has 0 saturated carbocycles. The number of hydrogen-bond donors (Lipinski definition) is 1. The van der Waals surface area contributed by atoms with Gasteiger partial charge in [-0.3, -0.25) is 4.79 Å². The number of nitrogens with zero attached hydrogens (tertiary/aromatic N) is 1. The van der Waals surface area contributed by atoms with E-state index in [0.29, 0.717) is 13.1 Å². The summed E-state index contributed by atoms with van der Waals surface area (Å²) in [7, 11) is 0. The van der Waals surface area contributed by atoms with Gasteiger partial charge in [0.15, 0.2) is 0 Å². The Morgan fingerprint density at radius 1 is 1.38 bits per heavy atom. The van der Waals surface area contributed by atoms with Gasteiger partial charge in [-0.25, -0.2) is 0 Å². The number of amides is 1. The van der Waals surface area contributed by atoms with E-state index in [1.54, 1.807) is 0 Å². The quantitative estimate of drug-likeness (QED) is 0.858. The molecule has 0 bridgehead atoms. The normalized spacial score (nSPS) is 28.0. The van der Waals surface area contributed by atoms with E-state index in [0.717, 1.165) is 18.5 Å². The first-order valence-electron chi connectivity index (χ1n) is 7.74. The standard InChI is InChI=1S/C17H24N2O2/c1-12-10-19(11-17(2,3)21-12)16(20)15-14-7-5-4-6-13(14)8-9-18-15/h4-7,12,15,18H,8-11H2,1-3H3. The number of carbonyl (C=O) groups is 1. The largest absolute Gasteiger partial charge is 0.369 e. The van der Waals surface area contributed by atoms with Crippen LogP contribution >= 0.6 is 0 Å². The molecule has 114 valence electrons. The topological polar surface area (TPSA) is 41.6 Å². The second kappa shape index (κ2) is 5.43. The van der Waals surface area contributed by atoms with Gasteiger partial charge < -0.3 is 15.0 Å². The second-order valence-electron chi connectivity index (χ2n) is 6.74. The summed E-state index contributed by atoms with van der Waals surface area (Å²) in [4.78, 5) is 14.9. The van der Waals surface area contributed by atoms with Crippen LogP contribution in [0.3, 0.4) is 0 Å². The highest BCUT2D eigenvalue weighted by Gasteiger charge is 2.37. The molecule has 0 radical (unpaired) electrons. The van der Waals surface area contributed by atoms with Crippen molar-refractivity contribution in [3.05, 3.63) is 35.4 Å². The van der Waals surface area contributed by atoms with Crippen LogP contribution in [0.15, 0.2) is 24.3 Å². The predicted molar refractivity (Wildman–Crippen MR) is 82.1 cm³/mol. The van der Waals surface area contributed by atoms with E-state index in [9.17, 15) is 4.79 Å². The van der Waals surface area contributed by atoms with Crippen molar-refractivity contribution in [3.8, 4) is 0 Å². The van der Waals surface area contributed by atoms with Crippen LogP contribution in [0.25, 0.3) is 0 Å². The van der Waals surface area contributed by atoms with Gasteiger partial charge in [0.2, 0.25) is 5.91 Å². The average molecular weight is 288 g/mol. The molecule has 2 unspecified atom stereocenters. The van der Waals surface area contributed by atoms with E-state index in [1.165, 1.54) is 5.56 Å². The first-order valence-corrected chi connectivity index (χ1v) is 7.74. The van der Waals surface area contributed by atoms with Gasteiger partial charge in [-0.15, -0.1) is 0 Å². The summed E-state index contributed by atoms with van der Waals surface area (Å²) in [6.45, 7) is 8.30. The SMILES string of the molecule is CC1CN(C(=O)C2NCCc3ccccc32)CC(C)(C)O1. The predicted octanol–water partition coefficient (Wildman–Crippen LogP) is 1.90. The fraction of sp³-hybridized carbons (Fsp3) is 0.588. The third-order valence-electron chi connectivity index (χ3n) is 4.24. The average Bonchev–Trinajstić information content (AvgIpc) is 2.44. The molecule has 1 amide bonds. The molecule has 0 spiro atoms. The molecule has 2 aliphatic heterocycles. The third kappa shape index (κ3) is 2.97. The summed E-state index contributed by atoms with van der Waals surface area (Å²) in [5.41, 5.74) is 2.14. The fourth-order valence-electron chi connectivity index (χ4n) is 3.53. The Labute approximate surface area is 126 Å². The van der Waals surface area contributed by atoms with Crippen LogP contribution in [-0.2, 0) is 16.0 Å². The van der Waals surface area contributed by atoms with Crippen molar-refractivity contribution in [2.24, 2.45) is 0 Å². The number of ether oxygens (including phenoxy) is 1. The van der Waals surface area contributed by atoms with E-state index in [2.05, 4.69) is 17.4 Å². The number of nitrogens with one attached hydrogen (secondary N) is 1. The van der Waals surface area contributed by atoms with E-state index < -0.39 is 0 Å². The molecule has 1 aromatic rings. The molecule has 1 saturated heterocycles. The highest BCUT2D eigenvalue weighted by Crippen LogP contribution is 2.27. The van der Waals surface area contributed by atoms with E-state index in [4.69, 9.17) is 4.74 Å². The zero-order valence-corrected chi connectivity index (χ0v) is 13.1. The zero-order valence-electron chi connectivity index (χ0n) is 13.1. The minimum atomic E-state index is -0.276. The van der Waals surface area contributed by atoms with Crippen molar-refractivity contribution in [2.45, 2.75) is 44.9 Å². The van der Waals surface area contributed by atoms with Gasteiger partial charge in [0.1, 0.15) is 6.04 Å². The lowest BCUT2D eigenvalue weighted by Crippen LogP contribution is -2.56. The van der Waals surface area contributed by atoms with Crippen molar-refractivity contribution in [2.75, 3.05) is 19.6 Å². The molecule has 1 aromatic carbocycles. The number of rotatable bonds is 1. The number of morpholine rings is 1. The van der Waals surface area contributed by atoms with Crippen LogP contribution in [0.1, 0.15) is 37.9 Å². The van der Waals surface area contributed by atoms with Crippen molar-refractivity contribution in [3.63, 3.8) is 0 Å². The lowest BCUT2D eigenvalue weighted by molar-refractivity contribution is -0.160. The maximum atomic E-state index is 13.0. The van der Waals surface area contributed by atoms with Crippen LogP contribution in [0.2, 0.25) is 0 Å². The molecular weight excluding hydrogens is 264 g/mol. The lowest BCUT2D eigenvalue weighted by Gasteiger charge is -2.43. The molecule has 1 fully saturated rings. The van der Waals surface area contributed by atoms with Gasteiger partial charge in [0.25, 0.3) is 0 Å². The molecule has 2 heterocycles. The van der Waals surface area contributed by atoms with Gasteiger partial charge in [0.05, 0.1) is 11.7 Å². The lowest BCUT2D eigenvalue weighted by atomic mass is 9.93. The molecule has 21 heavy (non-hydrogen) atoms. The Morgan fingerprint density at radius 3 is 2.90 bits per heavy atom. The van der Waals surface area contributed by atoms with Gasteiger partial charge in [-0.1, -0.05) is 24.3 Å². The molecular formula is C17H24N2O2. The first-order chi connectivity index (χ1) is 9.96. The Hall–Kier alpha value is -1.39. The van der Waals surface area contributed by atoms with Gasteiger partial charge in [-0.2, -0.15) is 0 Å². The molecule has 2 atom stereocenters. The van der Waals surface area contributed by atoms with Gasteiger partial charge >= 0.3 is 0 Å². The summed E-state index contributed by atoms with van der Waals surface area (Å²) in [5, 5.41) is 3.38. The maximum Gasteiger partial charge on any atom is 0.244 e.